The van der Waals surface area contributed by atoms with Crippen molar-refractivity contribution < 1.29 is 58.1 Å². The van der Waals surface area contributed by atoms with E-state index in [0.717, 1.165) is 38.6 Å². The fourth-order valence-corrected chi connectivity index (χ4v) is 5.16. The number of para-hydroxylation sites is 1. The topological polar surface area (TPSA) is 98.8 Å². The first-order valence-electron chi connectivity index (χ1n) is 14.0. The molecule has 0 fully saturated rings. The zero-order valence-corrected chi connectivity index (χ0v) is 27.4. The fourth-order valence-electron chi connectivity index (χ4n) is 5.16. The Morgan fingerprint density at radius 2 is 1.64 bits per heavy atom. The average molecular weight is 599 g/mol. The molecule has 6 aromatic rings. The molecular formula is C35H31N2NaO6. The van der Waals surface area contributed by atoms with Gasteiger partial charge in [0.1, 0.15) is 29.4 Å². The van der Waals surface area contributed by atoms with Gasteiger partial charge in [-0.1, -0.05) is 48.5 Å². The van der Waals surface area contributed by atoms with E-state index >= 15 is 0 Å². The summed E-state index contributed by atoms with van der Waals surface area (Å²) in [5, 5.41) is 13.5. The van der Waals surface area contributed by atoms with Gasteiger partial charge in [0, 0.05) is 28.4 Å². The molecule has 0 bridgehead atoms. The summed E-state index contributed by atoms with van der Waals surface area (Å²) in [6, 6.07) is 29.3. The van der Waals surface area contributed by atoms with Crippen molar-refractivity contribution in [3.05, 3.63) is 108 Å². The minimum absolute atomic E-state index is 0. The molecule has 0 radical (unpaired) electrons. The number of carboxylic acid groups (broad SMARTS) is 1. The van der Waals surface area contributed by atoms with E-state index in [-0.39, 0.29) is 36.2 Å². The van der Waals surface area contributed by atoms with E-state index in [1.165, 1.54) is 13.8 Å². The van der Waals surface area contributed by atoms with E-state index in [1.807, 2.05) is 91.9 Å². The Labute approximate surface area is 277 Å². The Morgan fingerprint density at radius 3 is 2.39 bits per heavy atom. The van der Waals surface area contributed by atoms with Gasteiger partial charge < -0.3 is 33.1 Å². The third-order valence-corrected chi connectivity index (χ3v) is 7.46. The van der Waals surface area contributed by atoms with Gasteiger partial charge in [0.05, 0.1) is 18.6 Å². The molecule has 0 unspecified atom stereocenters. The molecule has 0 aliphatic carbocycles. The van der Waals surface area contributed by atoms with Gasteiger partial charge in [-0.15, -0.1) is 0 Å². The Hall–Kier alpha value is -4.24. The van der Waals surface area contributed by atoms with Crippen molar-refractivity contribution in [3.63, 3.8) is 0 Å². The molecule has 0 atom stereocenters. The van der Waals surface area contributed by atoms with Crippen LogP contribution in [0.3, 0.4) is 0 Å². The van der Waals surface area contributed by atoms with E-state index < -0.39 is 11.6 Å². The van der Waals surface area contributed by atoms with Gasteiger partial charge in [-0.25, -0.2) is 4.98 Å². The number of rotatable bonds is 10. The molecule has 0 saturated carbocycles. The minimum atomic E-state index is -1.49. The molecule has 6 rings (SSSR count). The van der Waals surface area contributed by atoms with Gasteiger partial charge >= 0.3 is 29.6 Å². The molecule has 0 aliphatic heterocycles. The largest absolute Gasteiger partial charge is 1.00 e. The van der Waals surface area contributed by atoms with Crippen LogP contribution in [-0.4, -0.2) is 28.2 Å². The smallest absolute Gasteiger partial charge is 0.546 e. The second-order valence-corrected chi connectivity index (χ2v) is 10.8. The first-order chi connectivity index (χ1) is 20.7. The summed E-state index contributed by atoms with van der Waals surface area (Å²) < 4.78 is 25.9. The van der Waals surface area contributed by atoms with Crippen LogP contribution < -0.4 is 48.9 Å². The molecule has 218 valence electrons. The molecule has 0 spiro atoms. The molecular weight excluding hydrogens is 567 g/mol. The number of benzene rings is 4. The van der Waals surface area contributed by atoms with E-state index in [1.54, 1.807) is 13.2 Å². The van der Waals surface area contributed by atoms with E-state index in [2.05, 4.69) is 9.55 Å². The Morgan fingerprint density at radius 1 is 0.909 bits per heavy atom. The normalized spacial score (nSPS) is 11.4. The van der Waals surface area contributed by atoms with Crippen LogP contribution in [0.25, 0.3) is 33.3 Å². The number of carbonyl (C=O) groups is 1. The number of hydrogen-bond acceptors (Lipinski definition) is 7. The summed E-state index contributed by atoms with van der Waals surface area (Å²) >= 11 is 0. The maximum Gasteiger partial charge on any atom is 1.00 e. The summed E-state index contributed by atoms with van der Waals surface area (Å²) in [6.45, 7) is 5.62. The van der Waals surface area contributed by atoms with Gasteiger partial charge in [-0.3, -0.25) is 0 Å². The van der Waals surface area contributed by atoms with Gasteiger partial charge in [-0.05, 0) is 68.8 Å². The van der Waals surface area contributed by atoms with Crippen LogP contribution >= 0.6 is 0 Å². The summed E-state index contributed by atoms with van der Waals surface area (Å²) in [5.74, 6) is 1.66. The third kappa shape index (κ3) is 6.06. The average Bonchev–Trinajstić information content (AvgIpc) is 3.54. The maximum absolute atomic E-state index is 11.7. The number of aromatic nitrogens is 2. The number of methoxy groups -OCH3 is 1. The number of aliphatic carboxylic acids is 1. The molecule has 2 heterocycles. The van der Waals surface area contributed by atoms with Crippen molar-refractivity contribution in [2.75, 3.05) is 7.11 Å². The molecule has 0 saturated heterocycles. The van der Waals surface area contributed by atoms with E-state index in [9.17, 15) is 9.90 Å². The molecule has 8 nitrogen and oxygen atoms in total. The first-order valence-corrected chi connectivity index (χ1v) is 14.0. The van der Waals surface area contributed by atoms with Crippen molar-refractivity contribution in [2.24, 2.45) is 0 Å². The number of fused-ring (bicyclic) bond motifs is 3. The monoisotopic (exact) mass is 598 g/mol. The van der Waals surface area contributed by atoms with Crippen LogP contribution in [0.15, 0.2) is 95.4 Å². The number of oxazole rings is 1. The van der Waals surface area contributed by atoms with Crippen LogP contribution in [0.1, 0.15) is 30.9 Å². The van der Waals surface area contributed by atoms with E-state index in [4.69, 9.17) is 18.6 Å². The minimum Gasteiger partial charge on any atom is -0.546 e. The molecule has 0 aliphatic rings. The van der Waals surface area contributed by atoms with Crippen molar-refractivity contribution in [1.29, 1.82) is 0 Å². The quantitative estimate of drug-likeness (QED) is 0.223. The standard InChI is InChI=1S/C35H32N2O6.Na/c1-22-26(36-33(42-22)24-11-6-5-7-12-24)21-41-29-18-17-23(19-31(29)40-4)20-37-27-14-9-8-13-25(27)32-28(37)15-10-16-30(32)43-35(2,3)34(38)39;/h5-19H,20-21H2,1-4H3,(H,38,39);/q;+1/p-1. The first kappa shape index (κ1) is 31.2. The van der Waals surface area contributed by atoms with Crippen LogP contribution in [0, 0.1) is 6.92 Å². The Balaban J connectivity index is 0.00000384. The van der Waals surface area contributed by atoms with Gasteiger partial charge in [0.15, 0.2) is 11.5 Å². The Bertz CT molecular complexity index is 1940. The molecule has 4 aromatic carbocycles. The van der Waals surface area contributed by atoms with Crippen LogP contribution in [0.5, 0.6) is 17.2 Å². The zero-order valence-electron chi connectivity index (χ0n) is 25.4. The molecule has 44 heavy (non-hydrogen) atoms. The summed E-state index contributed by atoms with van der Waals surface area (Å²) in [5.41, 5.74) is 3.05. The second-order valence-electron chi connectivity index (χ2n) is 10.8. The van der Waals surface area contributed by atoms with E-state index in [0.29, 0.717) is 35.4 Å². The third-order valence-electron chi connectivity index (χ3n) is 7.46. The van der Waals surface area contributed by atoms with Gasteiger partial charge in [0.2, 0.25) is 5.89 Å². The number of hydrogen-bond donors (Lipinski definition) is 0. The van der Waals surface area contributed by atoms with Gasteiger partial charge in [-0.2, -0.15) is 0 Å². The molecule has 2 aromatic heterocycles. The number of ether oxygens (including phenoxy) is 3. The summed E-state index contributed by atoms with van der Waals surface area (Å²) in [7, 11) is 1.62. The summed E-state index contributed by atoms with van der Waals surface area (Å²) in [6.07, 6.45) is 0. The maximum atomic E-state index is 11.7. The molecule has 9 heteroatoms. The SMILES string of the molecule is COc1cc(Cn2c3ccccc3c3c(OC(C)(C)C(=O)[O-])cccc32)ccc1OCc1nc(-c2ccccc2)oc1C.[Na+]. The fraction of sp³-hybridized carbons (Fsp3) is 0.200. The number of carboxylic acids is 1. The number of carbonyl (C=O) groups excluding carboxylic acids is 1. The van der Waals surface area contributed by atoms with Crippen LogP contribution in [-0.2, 0) is 17.9 Å². The molecule has 0 amide bonds. The zero-order chi connectivity index (χ0) is 30.1. The van der Waals surface area contributed by atoms with Crippen molar-refractivity contribution in [2.45, 2.75) is 39.5 Å². The predicted molar refractivity (Wildman–Crippen MR) is 162 cm³/mol. The second kappa shape index (κ2) is 12.8. The van der Waals surface area contributed by atoms with Crippen LogP contribution in [0.2, 0.25) is 0 Å². The van der Waals surface area contributed by atoms with Crippen molar-refractivity contribution >= 4 is 27.8 Å². The van der Waals surface area contributed by atoms with Gasteiger partial charge in [0.25, 0.3) is 0 Å². The number of nitrogens with zero attached hydrogens (tertiary/aromatic N) is 2. The summed E-state index contributed by atoms with van der Waals surface area (Å²) in [4.78, 5) is 16.3. The predicted octanol–water partition coefficient (Wildman–Crippen LogP) is 3.31. The van der Waals surface area contributed by atoms with Crippen molar-refractivity contribution in [1.82, 2.24) is 9.55 Å². The number of aryl methyl sites for hydroxylation is 1. The Kier molecular flexibility index (Phi) is 9.06. The molecule has 0 N–H and O–H groups in total. The van der Waals surface area contributed by atoms with Crippen LogP contribution in [0.4, 0.5) is 0 Å². The van der Waals surface area contributed by atoms with Crippen molar-refractivity contribution in [3.8, 4) is 28.7 Å².